The van der Waals surface area contributed by atoms with Gasteiger partial charge in [-0.15, -0.1) is 0 Å². The predicted octanol–water partition coefficient (Wildman–Crippen LogP) is 3.28. The second kappa shape index (κ2) is 6.41. The largest absolute Gasteiger partial charge is 0.497 e. The highest BCUT2D eigenvalue weighted by atomic mass is 16.8. The monoisotopic (exact) mass is 370 g/mol. The van der Waals surface area contributed by atoms with Crippen LogP contribution in [-0.4, -0.2) is 31.4 Å². The van der Waals surface area contributed by atoms with Crippen molar-refractivity contribution in [3.8, 4) is 17.2 Å². The lowest BCUT2D eigenvalue weighted by molar-refractivity contribution is -0.106. The zero-order valence-corrected chi connectivity index (χ0v) is 15.1. The first-order valence-corrected chi connectivity index (χ1v) is 9.30. The fraction of sp³-hybridized carbons (Fsp3) is 0.429. The Labute approximate surface area is 157 Å². The van der Waals surface area contributed by atoms with Crippen LogP contribution in [0.5, 0.6) is 17.2 Å². The van der Waals surface area contributed by atoms with E-state index in [1.54, 1.807) is 13.2 Å². The molecule has 2 saturated heterocycles. The first-order valence-electron chi connectivity index (χ1n) is 9.30. The standard InChI is InChI=1S/C21H22O6/c1-23-14-7-5-13(6-8-14)21-19(22)16-10-9-15(12-17(16)26-20(21)27-21)25-18-4-2-3-11-24-18/h5-10,12,18-20,22H,2-4,11H2,1H3/t18-,19+,20-,21-/m1/s1. The molecule has 0 aliphatic carbocycles. The summed E-state index contributed by atoms with van der Waals surface area (Å²) in [5, 5.41) is 11.0. The van der Waals surface area contributed by atoms with Gasteiger partial charge in [0, 0.05) is 18.1 Å². The third kappa shape index (κ3) is 2.76. The van der Waals surface area contributed by atoms with Crippen molar-refractivity contribution in [2.75, 3.05) is 13.7 Å². The summed E-state index contributed by atoms with van der Waals surface area (Å²) in [6, 6.07) is 13.0. The molecule has 3 aliphatic rings. The van der Waals surface area contributed by atoms with Crippen molar-refractivity contribution >= 4 is 0 Å². The number of methoxy groups -OCH3 is 1. The van der Waals surface area contributed by atoms with E-state index in [9.17, 15) is 5.11 Å². The normalized spacial score (nSPS) is 31.3. The first-order chi connectivity index (χ1) is 13.2. The molecule has 2 fully saturated rings. The van der Waals surface area contributed by atoms with E-state index >= 15 is 0 Å². The lowest BCUT2D eigenvalue weighted by Gasteiger charge is -2.28. The van der Waals surface area contributed by atoms with Crippen LogP contribution in [-0.2, 0) is 15.1 Å². The first kappa shape index (κ1) is 16.9. The smallest absolute Gasteiger partial charge is 0.237 e. The summed E-state index contributed by atoms with van der Waals surface area (Å²) in [6.07, 6.45) is 1.50. The Bertz CT molecular complexity index is 829. The highest BCUT2D eigenvalue weighted by molar-refractivity contribution is 5.49. The van der Waals surface area contributed by atoms with Crippen molar-refractivity contribution in [1.82, 2.24) is 0 Å². The summed E-state index contributed by atoms with van der Waals surface area (Å²) in [5.41, 5.74) is 0.688. The van der Waals surface area contributed by atoms with Crippen molar-refractivity contribution in [3.63, 3.8) is 0 Å². The summed E-state index contributed by atoms with van der Waals surface area (Å²) in [7, 11) is 1.62. The summed E-state index contributed by atoms with van der Waals surface area (Å²) in [4.78, 5) is 0. The Hall–Kier alpha value is -2.28. The Kier molecular flexibility index (Phi) is 4.00. The summed E-state index contributed by atoms with van der Waals surface area (Å²) >= 11 is 0. The molecular formula is C21H22O6. The molecule has 2 aromatic carbocycles. The fourth-order valence-corrected chi connectivity index (χ4v) is 3.88. The molecule has 2 aromatic rings. The van der Waals surface area contributed by atoms with Crippen LogP contribution in [0.2, 0.25) is 0 Å². The zero-order chi connectivity index (χ0) is 18.4. The highest BCUT2D eigenvalue weighted by Crippen LogP contribution is 2.60. The van der Waals surface area contributed by atoms with Crippen molar-refractivity contribution in [2.24, 2.45) is 0 Å². The molecule has 0 spiro atoms. The molecule has 0 unspecified atom stereocenters. The number of rotatable bonds is 4. The molecule has 0 radical (unpaired) electrons. The van der Waals surface area contributed by atoms with Gasteiger partial charge in [-0.1, -0.05) is 12.1 Å². The number of hydrogen-bond donors (Lipinski definition) is 1. The molecule has 1 N–H and O–H groups in total. The second-order valence-corrected chi connectivity index (χ2v) is 7.11. The molecule has 6 heteroatoms. The van der Waals surface area contributed by atoms with E-state index in [1.807, 2.05) is 36.4 Å². The van der Waals surface area contributed by atoms with Crippen molar-refractivity contribution in [3.05, 3.63) is 53.6 Å². The van der Waals surface area contributed by atoms with Crippen LogP contribution in [0.3, 0.4) is 0 Å². The summed E-state index contributed by atoms with van der Waals surface area (Å²) in [6.45, 7) is 0.727. The van der Waals surface area contributed by atoms with Gasteiger partial charge >= 0.3 is 0 Å². The van der Waals surface area contributed by atoms with E-state index in [2.05, 4.69) is 0 Å². The van der Waals surface area contributed by atoms with Gasteiger partial charge in [0.05, 0.1) is 13.7 Å². The number of aliphatic hydroxyl groups is 1. The topological polar surface area (TPSA) is 69.7 Å². The minimum Gasteiger partial charge on any atom is -0.497 e. The molecule has 3 heterocycles. The average molecular weight is 370 g/mol. The van der Waals surface area contributed by atoms with Crippen LogP contribution in [0.25, 0.3) is 0 Å². The van der Waals surface area contributed by atoms with Gasteiger partial charge in [0.15, 0.2) is 11.9 Å². The predicted molar refractivity (Wildman–Crippen MR) is 95.8 cm³/mol. The van der Waals surface area contributed by atoms with Crippen LogP contribution >= 0.6 is 0 Å². The molecule has 3 aliphatic heterocycles. The number of hydrogen-bond acceptors (Lipinski definition) is 6. The lowest BCUT2D eigenvalue weighted by Crippen LogP contribution is -2.30. The number of ether oxygens (including phenoxy) is 5. The fourth-order valence-electron chi connectivity index (χ4n) is 3.88. The minimum absolute atomic E-state index is 0.221. The Balaban J connectivity index is 1.39. The van der Waals surface area contributed by atoms with Crippen molar-refractivity contribution < 1.29 is 28.8 Å². The number of aliphatic hydroxyl groups excluding tert-OH is 1. The van der Waals surface area contributed by atoms with Crippen LogP contribution < -0.4 is 14.2 Å². The summed E-state index contributed by atoms with van der Waals surface area (Å²) in [5.74, 6) is 2.01. The van der Waals surface area contributed by atoms with Crippen LogP contribution in [0, 0.1) is 0 Å². The van der Waals surface area contributed by atoms with Crippen LogP contribution in [0.4, 0.5) is 0 Å². The van der Waals surface area contributed by atoms with E-state index in [-0.39, 0.29) is 6.29 Å². The van der Waals surface area contributed by atoms with Crippen molar-refractivity contribution in [1.29, 1.82) is 0 Å². The van der Waals surface area contributed by atoms with Gasteiger partial charge in [-0.3, -0.25) is 0 Å². The maximum absolute atomic E-state index is 11.0. The molecule has 6 nitrogen and oxygen atoms in total. The van der Waals surface area contributed by atoms with Gasteiger partial charge in [-0.05, 0) is 42.7 Å². The number of benzene rings is 2. The van der Waals surface area contributed by atoms with Crippen molar-refractivity contribution in [2.45, 2.75) is 43.5 Å². The van der Waals surface area contributed by atoms with E-state index < -0.39 is 18.0 Å². The molecule has 5 rings (SSSR count). The summed E-state index contributed by atoms with van der Waals surface area (Å²) < 4.78 is 28.5. The second-order valence-electron chi connectivity index (χ2n) is 7.11. The molecule has 0 amide bonds. The molecular weight excluding hydrogens is 348 g/mol. The van der Waals surface area contributed by atoms with Crippen LogP contribution in [0.15, 0.2) is 42.5 Å². The Morgan fingerprint density at radius 3 is 2.63 bits per heavy atom. The number of fused-ring (bicyclic) bond motifs is 2. The molecule has 0 saturated carbocycles. The minimum atomic E-state index is -0.867. The maximum Gasteiger partial charge on any atom is 0.237 e. The third-order valence-electron chi connectivity index (χ3n) is 5.46. The molecule has 27 heavy (non-hydrogen) atoms. The van der Waals surface area contributed by atoms with Gasteiger partial charge < -0.3 is 28.8 Å². The Morgan fingerprint density at radius 1 is 1.07 bits per heavy atom. The quantitative estimate of drug-likeness (QED) is 0.833. The van der Waals surface area contributed by atoms with E-state index in [0.717, 1.165) is 37.2 Å². The van der Waals surface area contributed by atoms with E-state index in [0.29, 0.717) is 17.1 Å². The zero-order valence-electron chi connectivity index (χ0n) is 15.1. The highest BCUT2D eigenvalue weighted by Gasteiger charge is 2.68. The van der Waals surface area contributed by atoms with Gasteiger partial charge in [0.25, 0.3) is 0 Å². The number of epoxide rings is 1. The third-order valence-corrected chi connectivity index (χ3v) is 5.46. The van der Waals surface area contributed by atoms with E-state index in [1.165, 1.54) is 0 Å². The molecule has 0 aromatic heterocycles. The lowest BCUT2D eigenvalue weighted by atomic mass is 9.86. The Morgan fingerprint density at radius 2 is 1.89 bits per heavy atom. The SMILES string of the molecule is COc1ccc([C@]23O[C@H]2Oc2cc(O[C@@H]4CCCCO4)ccc2[C@@H]3O)cc1. The van der Waals surface area contributed by atoms with Gasteiger partial charge in [0.2, 0.25) is 6.29 Å². The van der Waals surface area contributed by atoms with E-state index in [4.69, 9.17) is 23.7 Å². The van der Waals surface area contributed by atoms with Gasteiger partial charge in [-0.2, -0.15) is 0 Å². The molecule has 142 valence electrons. The molecule has 0 bridgehead atoms. The van der Waals surface area contributed by atoms with Gasteiger partial charge in [-0.25, -0.2) is 0 Å². The van der Waals surface area contributed by atoms with Crippen LogP contribution in [0.1, 0.15) is 36.5 Å². The maximum atomic E-state index is 11.0. The van der Waals surface area contributed by atoms with Gasteiger partial charge in [0.1, 0.15) is 23.4 Å². The average Bonchev–Trinajstić information content (AvgIpc) is 3.44. The molecule has 4 atom stereocenters.